The highest BCUT2D eigenvalue weighted by atomic mass is 32.2. The number of carbonyl (C=O) groups is 1. The minimum Gasteiger partial charge on any atom is -0.348 e. The Morgan fingerprint density at radius 2 is 2.00 bits per heavy atom. The van der Waals surface area contributed by atoms with E-state index in [1.54, 1.807) is 30.6 Å². The number of hydrogen-bond donors (Lipinski definition) is 1. The SMILES string of the molecule is C[C@H]1Cc2cc(C(=O)NCc3ccncc3)ccc2N1S(C)(=O)=O. The van der Waals surface area contributed by atoms with Gasteiger partial charge in [0.25, 0.3) is 5.91 Å². The van der Waals surface area contributed by atoms with Crippen molar-refractivity contribution < 1.29 is 13.2 Å². The van der Waals surface area contributed by atoms with E-state index < -0.39 is 10.0 Å². The molecule has 2 heterocycles. The van der Waals surface area contributed by atoms with Gasteiger partial charge in [-0.3, -0.25) is 14.1 Å². The molecule has 7 heteroatoms. The molecule has 1 aromatic heterocycles. The second-order valence-corrected chi connectivity index (χ2v) is 7.85. The van der Waals surface area contributed by atoms with Gasteiger partial charge in [0, 0.05) is 30.5 Å². The van der Waals surface area contributed by atoms with Crippen molar-refractivity contribution in [1.29, 1.82) is 0 Å². The van der Waals surface area contributed by atoms with Crippen molar-refractivity contribution in [3.63, 3.8) is 0 Å². The average molecular weight is 345 g/mol. The van der Waals surface area contributed by atoms with Crippen LogP contribution < -0.4 is 9.62 Å². The topological polar surface area (TPSA) is 79.4 Å². The molecule has 0 bridgehead atoms. The van der Waals surface area contributed by atoms with E-state index in [9.17, 15) is 13.2 Å². The lowest BCUT2D eigenvalue weighted by atomic mass is 10.1. The maximum absolute atomic E-state index is 12.3. The number of fused-ring (bicyclic) bond motifs is 1. The van der Waals surface area contributed by atoms with Crippen molar-refractivity contribution in [2.45, 2.75) is 25.9 Å². The van der Waals surface area contributed by atoms with Gasteiger partial charge in [0.15, 0.2) is 0 Å². The number of sulfonamides is 1. The van der Waals surface area contributed by atoms with Crippen LogP contribution in [0.4, 0.5) is 5.69 Å². The third kappa shape index (κ3) is 3.26. The molecule has 126 valence electrons. The van der Waals surface area contributed by atoms with Crippen molar-refractivity contribution in [3.05, 3.63) is 59.4 Å². The number of carbonyl (C=O) groups excluding carboxylic acids is 1. The first-order chi connectivity index (χ1) is 11.4. The Hall–Kier alpha value is -2.41. The van der Waals surface area contributed by atoms with Crippen LogP contribution in [0.2, 0.25) is 0 Å². The minimum absolute atomic E-state index is 0.134. The molecule has 0 aliphatic carbocycles. The predicted molar refractivity (Wildman–Crippen MR) is 92.3 cm³/mol. The van der Waals surface area contributed by atoms with Gasteiger partial charge in [-0.05, 0) is 54.8 Å². The zero-order valence-corrected chi connectivity index (χ0v) is 14.4. The molecule has 1 aliphatic heterocycles. The van der Waals surface area contributed by atoms with Gasteiger partial charge in [-0.15, -0.1) is 0 Å². The highest BCUT2D eigenvalue weighted by Gasteiger charge is 2.32. The van der Waals surface area contributed by atoms with E-state index >= 15 is 0 Å². The van der Waals surface area contributed by atoms with Crippen molar-refractivity contribution in [2.24, 2.45) is 0 Å². The molecule has 6 nitrogen and oxygen atoms in total. The van der Waals surface area contributed by atoms with Crippen LogP contribution in [0.3, 0.4) is 0 Å². The fourth-order valence-electron chi connectivity index (χ4n) is 3.03. The quantitative estimate of drug-likeness (QED) is 0.915. The maximum atomic E-state index is 12.3. The van der Waals surface area contributed by atoms with Crippen LogP contribution >= 0.6 is 0 Å². The number of aromatic nitrogens is 1. The standard InChI is InChI=1S/C17H19N3O3S/c1-12-9-15-10-14(3-4-16(15)20(12)24(2,22)23)17(21)19-11-13-5-7-18-8-6-13/h3-8,10,12H,9,11H2,1-2H3,(H,19,21)/t12-/m0/s1. The highest BCUT2D eigenvalue weighted by Crippen LogP contribution is 2.34. The zero-order valence-electron chi connectivity index (χ0n) is 13.6. The van der Waals surface area contributed by atoms with Crippen LogP contribution in [0.15, 0.2) is 42.7 Å². The molecule has 1 aliphatic rings. The Balaban J connectivity index is 1.77. The molecule has 3 rings (SSSR count). The molecule has 1 atom stereocenters. The lowest BCUT2D eigenvalue weighted by Gasteiger charge is -2.21. The van der Waals surface area contributed by atoms with Gasteiger partial charge in [0.05, 0.1) is 11.9 Å². The Kier molecular flexibility index (Phi) is 4.28. The van der Waals surface area contributed by atoms with Crippen LogP contribution in [0.1, 0.15) is 28.4 Å². The second kappa shape index (κ2) is 6.24. The summed E-state index contributed by atoms with van der Waals surface area (Å²) in [6.07, 6.45) is 5.16. The van der Waals surface area contributed by atoms with Crippen LogP contribution in [0, 0.1) is 0 Å². The van der Waals surface area contributed by atoms with Crippen molar-refractivity contribution in [3.8, 4) is 0 Å². The van der Waals surface area contributed by atoms with E-state index in [1.807, 2.05) is 19.1 Å². The lowest BCUT2D eigenvalue weighted by Crippen LogP contribution is -2.34. The Morgan fingerprint density at radius 1 is 1.29 bits per heavy atom. The molecule has 0 saturated carbocycles. The average Bonchev–Trinajstić information content (AvgIpc) is 2.88. The van der Waals surface area contributed by atoms with Gasteiger partial charge in [0.1, 0.15) is 0 Å². The summed E-state index contributed by atoms with van der Waals surface area (Å²) in [4.78, 5) is 16.3. The van der Waals surface area contributed by atoms with Gasteiger partial charge < -0.3 is 5.32 Å². The van der Waals surface area contributed by atoms with Gasteiger partial charge in [0.2, 0.25) is 10.0 Å². The van der Waals surface area contributed by atoms with Crippen molar-refractivity contribution >= 4 is 21.6 Å². The summed E-state index contributed by atoms with van der Waals surface area (Å²) < 4.78 is 25.3. The van der Waals surface area contributed by atoms with Crippen molar-refractivity contribution in [1.82, 2.24) is 10.3 Å². The second-order valence-electron chi connectivity index (χ2n) is 5.99. The summed E-state index contributed by atoms with van der Waals surface area (Å²) in [6, 6.07) is 8.70. The number of anilines is 1. The number of nitrogens with one attached hydrogen (secondary N) is 1. The number of rotatable bonds is 4. The molecule has 2 aromatic rings. The van der Waals surface area contributed by atoms with Gasteiger partial charge in [-0.1, -0.05) is 0 Å². The fourth-order valence-corrected chi connectivity index (χ4v) is 4.30. The predicted octanol–water partition coefficient (Wildman–Crippen LogP) is 1.72. The Morgan fingerprint density at radius 3 is 2.67 bits per heavy atom. The van der Waals surface area contributed by atoms with Crippen LogP contribution in [-0.4, -0.2) is 31.6 Å². The first-order valence-electron chi connectivity index (χ1n) is 7.65. The lowest BCUT2D eigenvalue weighted by molar-refractivity contribution is 0.0951. The molecule has 0 spiro atoms. The van der Waals surface area contributed by atoms with Gasteiger partial charge in [-0.25, -0.2) is 8.42 Å². The van der Waals surface area contributed by atoms with E-state index in [2.05, 4.69) is 10.3 Å². The number of pyridine rings is 1. The van der Waals surface area contributed by atoms with Crippen molar-refractivity contribution in [2.75, 3.05) is 10.6 Å². The third-order valence-corrected chi connectivity index (χ3v) is 5.33. The monoisotopic (exact) mass is 345 g/mol. The van der Waals surface area contributed by atoms with Crippen LogP contribution in [-0.2, 0) is 23.0 Å². The molecule has 1 N–H and O–H groups in total. The van der Waals surface area contributed by atoms with Gasteiger partial charge in [-0.2, -0.15) is 0 Å². The van der Waals surface area contributed by atoms with E-state index in [0.29, 0.717) is 24.2 Å². The first-order valence-corrected chi connectivity index (χ1v) is 9.50. The van der Waals surface area contributed by atoms with E-state index in [-0.39, 0.29) is 11.9 Å². The molecule has 1 amide bonds. The Labute approximate surface area is 141 Å². The summed E-state index contributed by atoms with van der Waals surface area (Å²) in [6.45, 7) is 2.29. The number of benzene rings is 1. The number of nitrogens with zero attached hydrogens (tertiary/aromatic N) is 2. The highest BCUT2D eigenvalue weighted by molar-refractivity contribution is 7.92. The molecule has 0 radical (unpaired) electrons. The summed E-state index contributed by atoms with van der Waals surface area (Å²) in [5.74, 6) is -0.180. The molecule has 0 unspecified atom stereocenters. The van der Waals surface area contributed by atoms with E-state index in [4.69, 9.17) is 0 Å². The number of amides is 1. The summed E-state index contributed by atoms with van der Waals surface area (Å²) in [5, 5.41) is 2.86. The van der Waals surface area contributed by atoms with Crippen LogP contribution in [0.25, 0.3) is 0 Å². The summed E-state index contributed by atoms with van der Waals surface area (Å²) in [7, 11) is -3.32. The van der Waals surface area contributed by atoms with E-state index in [0.717, 1.165) is 11.1 Å². The zero-order chi connectivity index (χ0) is 17.3. The normalized spacial score (nSPS) is 16.8. The molecule has 24 heavy (non-hydrogen) atoms. The molecule has 1 aromatic carbocycles. The first kappa shape index (κ1) is 16.4. The fraction of sp³-hybridized carbons (Fsp3) is 0.294. The largest absolute Gasteiger partial charge is 0.348 e. The summed E-state index contributed by atoms with van der Waals surface area (Å²) >= 11 is 0. The number of hydrogen-bond acceptors (Lipinski definition) is 4. The maximum Gasteiger partial charge on any atom is 0.251 e. The minimum atomic E-state index is -3.32. The molecule has 0 saturated heterocycles. The Bertz CT molecular complexity index is 866. The molecular formula is C17H19N3O3S. The van der Waals surface area contributed by atoms with Gasteiger partial charge >= 0.3 is 0 Å². The van der Waals surface area contributed by atoms with E-state index in [1.165, 1.54) is 10.6 Å². The molecule has 0 fully saturated rings. The molecular weight excluding hydrogens is 326 g/mol. The van der Waals surface area contributed by atoms with Crippen LogP contribution in [0.5, 0.6) is 0 Å². The smallest absolute Gasteiger partial charge is 0.251 e. The third-order valence-electron chi connectivity index (χ3n) is 4.05. The summed E-state index contributed by atoms with van der Waals surface area (Å²) in [5.41, 5.74) is 3.04.